The number of anilines is 2. The highest BCUT2D eigenvalue weighted by atomic mass is 35.5. The summed E-state index contributed by atoms with van der Waals surface area (Å²) in [6, 6.07) is 7.24. The molecule has 0 saturated carbocycles. The van der Waals surface area contributed by atoms with Gasteiger partial charge in [-0.1, -0.05) is 24.4 Å². The third-order valence-electron chi connectivity index (χ3n) is 4.67. The maximum atomic E-state index is 12.6. The Kier molecular flexibility index (Phi) is 5.99. The lowest BCUT2D eigenvalue weighted by molar-refractivity contribution is 0.102. The predicted octanol–water partition coefficient (Wildman–Crippen LogP) is 4.68. The van der Waals surface area contributed by atoms with Crippen molar-refractivity contribution in [1.29, 1.82) is 0 Å². The number of nitrogens with zero attached hydrogens (tertiary/aromatic N) is 2. The summed E-state index contributed by atoms with van der Waals surface area (Å²) in [4.78, 5) is 19.4. The van der Waals surface area contributed by atoms with Crippen molar-refractivity contribution < 1.29 is 9.53 Å². The van der Waals surface area contributed by atoms with Gasteiger partial charge in [-0.3, -0.25) is 4.79 Å². The first kappa shape index (κ1) is 18.5. The summed E-state index contributed by atoms with van der Waals surface area (Å²) in [6.07, 6.45) is 6.57. The predicted molar refractivity (Wildman–Crippen MR) is 106 cm³/mol. The van der Waals surface area contributed by atoms with Gasteiger partial charge in [0.25, 0.3) is 5.91 Å². The minimum absolute atomic E-state index is 0.222. The van der Waals surface area contributed by atoms with Gasteiger partial charge in [-0.05, 0) is 43.5 Å². The maximum Gasteiger partial charge on any atom is 0.257 e. The van der Waals surface area contributed by atoms with Gasteiger partial charge in [0.15, 0.2) is 0 Å². The molecule has 1 aromatic heterocycles. The summed E-state index contributed by atoms with van der Waals surface area (Å²) in [6.45, 7) is 3.94. The summed E-state index contributed by atoms with van der Waals surface area (Å²) in [5.41, 5.74) is 1.98. The topological polar surface area (TPSA) is 54.5 Å². The third-order valence-corrected chi connectivity index (χ3v) is 5.08. The molecular formula is C20H24ClN3O2. The summed E-state index contributed by atoms with van der Waals surface area (Å²) in [7, 11) is 1.55. The zero-order valence-electron chi connectivity index (χ0n) is 15.2. The second-order valence-electron chi connectivity index (χ2n) is 6.56. The normalized spacial score (nSPS) is 14.7. The Morgan fingerprint density at radius 1 is 1.19 bits per heavy atom. The largest absolute Gasteiger partial charge is 0.495 e. The van der Waals surface area contributed by atoms with Gasteiger partial charge in [0.1, 0.15) is 11.6 Å². The van der Waals surface area contributed by atoms with Gasteiger partial charge in [-0.2, -0.15) is 0 Å². The molecule has 0 atom stereocenters. The van der Waals surface area contributed by atoms with Crippen LogP contribution in [0, 0.1) is 6.92 Å². The van der Waals surface area contributed by atoms with Crippen LogP contribution in [0.15, 0.2) is 30.5 Å². The fourth-order valence-corrected chi connectivity index (χ4v) is 3.29. The molecule has 6 heteroatoms. The van der Waals surface area contributed by atoms with E-state index in [-0.39, 0.29) is 5.91 Å². The zero-order chi connectivity index (χ0) is 18.5. The zero-order valence-corrected chi connectivity index (χ0v) is 16.0. The fraction of sp³-hybridized carbons (Fsp3) is 0.400. The van der Waals surface area contributed by atoms with E-state index in [1.54, 1.807) is 25.4 Å². The number of rotatable bonds is 4. The van der Waals surface area contributed by atoms with Crippen LogP contribution >= 0.6 is 11.6 Å². The Balaban J connectivity index is 1.73. The van der Waals surface area contributed by atoms with E-state index in [0.717, 1.165) is 24.5 Å². The van der Waals surface area contributed by atoms with Crippen LogP contribution in [0.25, 0.3) is 0 Å². The summed E-state index contributed by atoms with van der Waals surface area (Å²) in [5, 5.41) is 3.48. The summed E-state index contributed by atoms with van der Waals surface area (Å²) < 4.78 is 5.31. The molecule has 3 rings (SSSR count). The van der Waals surface area contributed by atoms with E-state index >= 15 is 0 Å². The molecule has 0 aliphatic carbocycles. The van der Waals surface area contributed by atoms with E-state index in [1.165, 1.54) is 25.7 Å². The highest BCUT2D eigenvalue weighted by Crippen LogP contribution is 2.31. The van der Waals surface area contributed by atoms with Crippen molar-refractivity contribution in [2.75, 3.05) is 30.4 Å². The molecule has 1 aliphatic rings. The second kappa shape index (κ2) is 8.41. The molecule has 0 bridgehead atoms. The molecule has 5 nitrogen and oxygen atoms in total. The molecule has 1 fully saturated rings. The quantitative estimate of drug-likeness (QED) is 0.845. The first-order valence-electron chi connectivity index (χ1n) is 8.95. The van der Waals surface area contributed by atoms with E-state index in [1.807, 2.05) is 19.1 Å². The van der Waals surface area contributed by atoms with Crippen LogP contribution in [0.4, 0.5) is 11.5 Å². The molecule has 1 aliphatic heterocycles. The Hall–Kier alpha value is -2.27. The lowest BCUT2D eigenvalue weighted by Gasteiger charge is -2.21. The molecule has 2 heterocycles. The molecule has 0 unspecified atom stereocenters. The van der Waals surface area contributed by atoms with Crippen molar-refractivity contribution in [1.82, 2.24) is 4.98 Å². The van der Waals surface area contributed by atoms with Crippen molar-refractivity contribution in [2.24, 2.45) is 0 Å². The number of ether oxygens (including phenoxy) is 1. The van der Waals surface area contributed by atoms with Crippen LogP contribution in [-0.4, -0.2) is 31.1 Å². The van der Waals surface area contributed by atoms with Crippen molar-refractivity contribution >= 4 is 29.0 Å². The Morgan fingerprint density at radius 2 is 1.92 bits per heavy atom. The molecular weight excluding hydrogens is 350 g/mol. The Bertz CT molecular complexity index is 769. The van der Waals surface area contributed by atoms with Crippen LogP contribution in [0.5, 0.6) is 5.75 Å². The van der Waals surface area contributed by atoms with Crippen molar-refractivity contribution in [3.05, 3.63) is 46.6 Å². The fourth-order valence-electron chi connectivity index (χ4n) is 3.13. The smallest absolute Gasteiger partial charge is 0.257 e. The van der Waals surface area contributed by atoms with E-state index < -0.39 is 0 Å². The second-order valence-corrected chi connectivity index (χ2v) is 6.97. The number of hydrogen-bond donors (Lipinski definition) is 1. The SMILES string of the molecule is COc1cc(Cl)c(C)cc1NC(=O)c1ccc(N2CCCCCC2)nc1. The molecule has 1 N–H and O–H groups in total. The van der Waals surface area contributed by atoms with E-state index in [9.17, 15) is 4.79 Å². The molecule has 1 aromatic carbocycles. The van der Waals surface area contributed by atoms with Crippen LogP contribution in [0.2, 0.25) is 5.02 Å². The van der Waals surface area contributed by atoms with E-state index in [0.29, 0.717) is 22.0 Å². The highest BCUT2D eigenvalue weighted by Gasteiger charge is 2.14. The number of nitrogens with one attached hydrogen (secondary N) is 1. The molecule has 2 aromatic rings. The van der Waals surface area contributed by atoms with Crippen LogP contribution < -0.4 is 15.0 Å². The van der Waals surface area contributed by atoms with Crippen molar-refractivity contribution in [2.45, 2.75) is 32.6 Å². The number of carbonyl (C=O) groups excluding carboxylic acids is 1. The van der Waals surface area contributed by atoms with E-state index in [2.05, 4.69) is 15.2 Å². The number of halogens is 1. The Labute approximate surface area is 159 Å². The molecule has 1 saturated heterocycles. The van der Waals surface area contributed by atoms with Gasteiger partial charge in [-0.25, -0.2) is 4.98 Å². The van der Waals surface area contributed by atoms with Crippen LogP contribution in [0.3, 0.4) is 0 Å². The standard InChI is InChI=1S/C20H24ClN3O2/c1-14-11-17(18(26-2)12-16(14)21)23-20(25)15-7-8-19(22-13-15)24-9-5-3-4-6-10-24/h7-8,11-13H,3-6,9-10H2,1-2H3,(H,23,25). The van der Waals surface area contributed by atoms with Gasteiger partial charge in [0.2, 0.25) is 0 Å². The number of amides is 1. The number of carbonyl (C=O) groups is 1. The number of aromatic nitrogens is 1. The van der Waals surface area contributed by atoms with Gasteiger partial charge in [0.05, 0.1) is 18.4 Å². The molecule has 1 amide bonds. The van der Waals surface area contributed by atoms with Gasteiger partial charge in [0, 0.05) is 30.4 Å². The average molecular weight is 374 g/mol. The van der Waals surface area contributed by atoms with Gasteiger partial charge in [-0.15, -0.1) is 0 Å². The monoisotopic (exact) mass is 373 g/mol. The minimum atomic E-state index is -0.222. The van der Waals surface area contributed by atoms with E-state index in [4.69, 9.17) is 16.3 Å². The number of aryl methyl sites for hydroxylation is 1. The first-order chi connectivity index (χ1) is 12.6. The van der Waals surface area contributed by atoms with Gasteiger partial charge < -0.3 is 15.0 Å². The number of pyridine rings is 1. The molecule has 0 spiro atoms. The summed E-state index contributed by atoms with van der Waals surface area (Å²) >= 11 is 6.11. The molecule has 26 heavy (non-hydrogen) atoms. The first-order valence-corrected chi connectivity index (χ1v) is 9.33. The Morgan fingerprint density at radius 3 is 2.54 bits per heavy atom. The van der Waals surface area contributed by atoms with Gasteiger partial charge >= 0.3 is 0 Å². The van der Waals surface area contributed by atoms with Crippen molar-refractivity contribution in [3.63, 3.8) is 0 Å². The number of hydrogen-bond acceptors (Lipinski definition) is 4. The number of methoxy groups -OCH3 is 1. The number of benzene rings is 1. The summed E-state index contributed by atoms with van der Waals surface area (Å²) in [5.74, 6) is 1.24. The molecule has 138 valence electrons. The lowest BCUT2D eigenvalue weighted by atomic mass is 10.2. The van der Waals surface area contributed by atoms with Crippen LogP contribution in [-0.2, 0) is 0 Å². The minimum Gasteiger partial charge on any atom is -0.495 e. The highest BCUT2D eigenvalue weighted by molar-refractivity contribution is 6.31. The van der Waals surface area contributed by atoms with Crippen molar-refractivity contribution in [3.8, 4) is 5.75 Å². The maximum absolute atomic E-state index is 12.6. The third kappa shape index (κ3) is 4.28. The van der Waals surface area contributed by atoms with Crippen LogP contribution in [0.1, 0.15) is 41.6 Å². The lowest BCUT2D eigenvalue weighted by Crippen LogP contribution is -2.25. The average Bonchev–Trinajstić information content (AvgIpc) is 2.94. The molecule has 0 radical (unpaired) electrons.